The Kier molecular flexibility index (Phi) is 1.51. The number of hydrogen-bond acceptors (Lipinski definition) is 3. The van der Waals surface area contributed by atoms with E-state index in [1.807, 2.05) is 6.07 Å². The zero-order valence-corrected chi connectivity index (χ0v) is 6.25. The summed E-state index contributed by atoms with van der Waals surface area (Å²) < 4.78 is 0. The summed E-state index contributed by atoms with van der Waals surface area (Å²) in [7, 11) is 0. The highest BCUT2D eigenvalue weighted by Gasteiger charge is 2.20. The number of pyridine rings is 1. The van der Waals surface area contributed by atoms with Crippen LogP contribution in [0.2, 0.25) is 0 Å². The van der Waals surface area contributed by atoms with E-state index >= 15 is 0 Å². The van der Waals surface area contributed by atoms with Crippen LogP contribution in [0.3, 0.4) is 0 Å². The number of hydrogen-bond donors (Lipinski definition) is 2. The maximum absolute atomic E-state index is 5.58. The van der Waals surface area contributed by atoms with Gasteiger partial charge in [0.25, 0.3) is 0 Å². The van der Waals surface area contributed by atoms with Crippen molar-refractivity contribution in [2.45, 2.75) is 5.92 Å². The Morgan fingerprint density at radius 3 is 3.45 bits per heavy atom. The number of aromatic nitrogens is 1. The minimum atomic E-state index is 0.457. The molecule has 2 rings (SSSR count). The maximum Gasteiger partial charge on any atom is 0.129 e. The fourth-order valence-corrected chi connectivity index (χ4v) is 1.44. The van der Waals surface area contributed by atoms with Crippen LogP contribution in [0.4, 0.5) is 5.82 Å². The first kappa shape index (κ1) is 6.61. The molecule has 1 aromatic rings. The van der Waals surface area contributed by atoms with Gasteiger partial charge in [-0.2, -0.15) is 0 Å². The first-order chi connectivity index (χ1) is 5.42. The molecule has 3 nitrogen and oxygen atoms in total. The molecule has 11 heavy (non-hydrogen) atoms. The largest absolute Gasteiger partial charge is 0.369 e. The molecule has 0 saturated heterocycles. The Balaban J connectivity index is 2.39. The third-order valence-corrected chi connectivity index (χ3v) is 2.08. The Morgan fingerprint density at radius 1 is 1.73 bits per heavy atom. The summed E-state index contributed by atoms with van der Waals surface area (Å²) in [6.07, 6.45) is 1.80. The normalized spacial score (nSPS) is 21.0. The lowest BCUT2D eigenvalue weighted by Crippen LogP contribution is -2.13. The zero-order valence-electron chi connectivity index (χ0n) is 6.25. The quantitative estimate of drug-likeness (QED) is 0.613. The molecule has 3 N–H and O–H groups in total. The van der Waals surface area contributed by atoms with Crippen LogP contribution in [0.5, 0.6) is 0 Å². The van der Waals surface area contributed by atoms with E-state index in [0.29, 0.717) is 12.5 Å². The van der Waals surface area contributed by atoms with Gasteiger partial charge in [0.2, 0.25) is 0 Å². The van der Waals surface area contributed by atoms with Gasteiger partial charge in [0.15, 0.2) is 0 Å². The van der Waals surface area contributed by atoms with Crippen molar-refractivity contribution in [2.24, 2.45) is 5.73 Å². The van der Waals surface area contributed by atoms with Gasteiger partial charge in [0.05, 0.1) is 0 Å². The van der Waals surface area contributed by atoms with Gasteiger partial charge in [-0.1, -0.05) is 6.07 Å². The molecule has 0 saturated carbocycles. The number of nitrogens with zero attached hydrogens (tertiary/aromatic N) is 1. The molecule has 0 bridgehead atoms. The van der Waals surface area contributed by atoms with E-state index < -0.39 is 0 Å². The van der Waals surface area contributed by atoms with Crippen LogP contribution in [-0.4, -0.2) is 18.1 Å². The summed E-state index contributed by atoms with van der Waals surface area (Å²) >= 11 is 0. The van der Waals surface area contributed by atoms with Crippen molar-refractivity contribution in [3.63, 3.8) is 0 Å². The molecule has 1 aliphatic heterocycles. The van der Waals surface area contributed by atoms with Crippen molar-refractivity contribution in [3.8, 4) is 0 Å². The van der Waals surface area contributed by atoms with Crippen molar-refractivity contribution in [3.05, 3.63) is 23.9 Å². The van der Waals surface area contributed by atoms with Crippen molar-refractivity contribution in [2.75, 3.05) is 18.4 Å². The lowest BCUT2D eigenvalue weighted by molar-refractivity contribution is 0.766. The van der Waals surface area contributed by atoms with E-state index in [0.717, 1.165) is 12.4 Å². The van der Waals surface area contributed by atoms with Gasteiger partial charge in [-0.15, -0.1) is 0 Å². The number of rotatable bonds is 1. The first-order valence-electron chi connectivity index (χ1n) is 3.80. The van der Waals surface area contributed by atoms with Gasteiger partial charge in [0, 0.05) is 30.8 Å². The second-order valence-electron chi connectivity index (χ2n) is 2.75. The van der Waals surface area contributed by atoms with Gasteiger partial charge in [0.1, 0.15) is 5.82 Å². The van der Waals surface area contributed by atoms with Crippen LogP contribution in [0.1, 0.15) is 11.5 Å². The summed E-state index contributed by atoms with van der Waals surface area (Å²) in [6, 6.07) is 4.04. The first-order valence-corrected chi connectivity index (χ1v) is 3.80. The van der Waals surface area contributed by atoms with E-state index in [1.54, 1.807) is 6.20 Å². The molecule has 1 aromatic heterocycles. The molecule has 3 heteroatoms. The Morgan fingerprint density at radius 2 is 2.64 bits per heavy atom. The number of anilines is 1. The highest BCUT2D eigenvalue weighted by molar-refractivity contribution is 5.51. The molecule has 58 valence electrons. The molecule has 0 aliphatic carbocycles. The molecule has 1 unspecified atom stereocenters. The van der Waals surface area contributed by atoms with E-state index in [1.165, 1.54) is 5.56 Å². The predicted molar refractivity (Wildman–Crippen MR) is 44.5 cm³/mol. The summed E-state index contributed by atoms with van der Waals surface area (Å²) in [5.41, 5.74) is 6.84. The van der Waals surface area contributed by atoms with E-state index in [4.69, 9.17) is 5.73 Å². The second kappa shape index (κ2) is 2.51. The van der Waals surface area contributed by atoms with Crippen LogP contribution in [0, 0.1) is 0 Å². The highest BCUT2D eigenvalue weighted by Crippen LogP contribution is 2.27. The SMILES string of the molecule is NCC1CNc2ncccc21. The molecular weight excluding hydrogens is 138 g/mol. The lowest BCUT2D eigenvalue weighted by Gasteiger charge is -2.03. The minimum Gasteiger partial charge on any atom is -0.369 e. The monoisotopic (exact) mass is 149 g/mol. The molecule has 0 amide bonds. The highest BCUT2D eigenvalue weighted by atomic mass is 15.0. The Bertz CT molecular complexity index is 259. The molecule has 1 atom stereocenters. The Hall–Kier alpha value is -1.09. The van der Waals surface area contributed by atoms with Gasteiger partial charge in [-0.3, -0.25) is 0 Å². The van der Waals surface area contributed by atoms with Crippen molar-refractivity contribution in [1.29, 1.82) is 0 Å². The van der Waals surface area contributed by atoms with E-state index in [-0.39, 0.29) is 0 Å². The smallest absolute Gasteiger partial charge is 0.129 e. The zero-order chi connectivity index (χ0) is 7.68. The number of fused-ring (bicyclic) bond motifs is 1. The van der Waals surface area contributed by atoms with Crippen LogP contribution < -0.4 is 11.1 Å². The van der Waals surface area contributed by atoms with Crippen LogP contribution in [0.25, 0.3) is 0 Å². The van der Waals surface area contributed by atoms with Crippen molar-refractivity contribution in [1.82, 2.24) is 4.98 Å². The standard InChI is InChI=1S/C8H11N3/c9-4-6-5-11-8-7(6)2-1-3-10-8/h1-3,6H,4-5,9H2,(H,10,11). The van der Waals surface area contributed by atoms with Crippen LogP contribution >= 0.6 is 0 Å². The molecular formula is C8H11N3. The molecule has 0 fully saturated rings. The summed E-state index contributed by atoms with van der Waals surface area (Å²) in [5, 5.41) is 3.21. The molecule has 0 spiro atoms. The summed E-state index contributed by atoms with van der Waals surface area (Å²) in [4.78, 5) is 4.19. The fraction of sp³-hybridized carbons (Fsp3) is 0.375. The van der Waals surface area contributed by atoms with Crippen molar-refractivity contribution < 1.29 is 0 Å². The second-order valence-corrected chi connectivity index (χ2v) is 2.75. The van der Waals surface area contributed by atoms with Gasteiger partial charge in [-0.05, 0) is 6.07 Å². The predicted octanol–water partition coefficient (Wildman–Crippen LogP) is 0.549. The fourth-order valence-electron chi connectivity index (χ4n) is 1.44. The van der Waals surface area contributed by atoms with Crippen LogP contribution in [0.15, 0.2) is 18.3 Å². The molecule has 2 heterocycles. The molecule has 1 aliphatic rings. The topological polar surface area (TPSA) is 50.9 Å². The summed E-state index contributed by atoms with van der Waals surface area (Å²) in [5.74, 6) is 1.46. The van der Waals surface area contributed by atoms with Gasteiger partial charge >= 0.3 is 0 Å². The maximum atomic E-state index is 5.58. The number of nitrogens with two attached hydrogens (primary N) is 1. The minimum absolute atomic E-state index is 0.457. The average Bonchev–Trinajstić information content (AvgIpc) is 2.47. The molecule has 0 radical (unpaired) electrons. The number of nitrogens with one attached hydrogen (secondary N) is 1. The summed E-state index contributed by atoms with van der Waals surface area (Å²) in [6.45, 7) is 1.63. The molecule has 0 aromatic carbocycles. The third-order valence-electron chi connectivity index (χ3n) is 2.08. The third kappa shape index (κ3) is 0.973. The van der Waals surface area contributed by atoms with Gasteiger partial charge in [-0.25, -0.2) is 4.98 Å². The van der Waals surface area contributed by atoms with E-state index in [9.17, 15) is 0 Å². The van der Waals surface area contributed by atoms with E-state index in [2.05, 4.69) is 16.4 Å². The Labute approximate surface area is 65.6 Å². The average molecular weight is 149 g/mol. The lowest BCUT2D eigenvalue weighted by atomic mass is 10.0. The van der Waals surface area contributed by atoms with Crippen LogP contribution in [-0.2, 0) is 0 Å². The van der Waals surface area contributed by atoms with Crippen molar-refractivity contribution >= 4 is 5.82 Å². The van der Waals surface area contributed by atoms with Gasteiger partial charge < -0.3 is 11.1 Å².